The number of nitrogens with zero attached hydrogens (tertiary/aromatic N) is 2. The summed E-state index contributed by atoms with van der Waals surface area (Å²) in [4.78, 5) is 9.53. The Kier molecular flexibility index (Phi) is 4.03. The third-order valence-electron chi connectivity index (χ3n) is 3.88. The van der Waals surface area contributed by atoms with E-state index in [1.165, 1.54) is 16.9 Å². The molecule has 25 heavy (non-hydrogen) atoms. The van der Waals surface area contributed by atoms with E-state index in [4.69, 9.17) is 11.6 Å². The molecule has 0 unspecified atom stereocenters. The van der Waals surface area contributed by atoms with Gasteiger partial charge in [-0.1, -0.05) is 35.9 Å². The van der Waals surface area contributed by atoms with E-state index in [-0.39, 0.29) is 11.0 Å². The van der Waals surface area contributed by atoms with E-state index >= 15 is 0 Å². The zero-order valence-corrected chi connectivity index (χ0v) is 14.9. The van der Waals surface area contributed by atoms with Gasteiger partial charge in [-0.3, -0.25) is 0 Å². The molecule has 124 valence electrons. The molecule has 0 aliphatic heterocycles. The van der Waals surface area contributed by atoms with Crippen LogP contribution in [0.3, 0.4) is 0 Å². The van der Waals surface area contributed by atoms with Gasteiger partial charge in [-0.2, -0.15) is 4.98 Å². The average molecular weight is 368 g/mol. The van der Waals surface area contributed by atoms with Crippen molar-refractivity contribution in [3.8, 4) is 16.9 Å². The van der Waals surface area contributed by atoms with Crippen molar-refractivity contribution < 1.29 is 5.11 Å². The maximum atomic E-state index is 9.68. The highest BCUT2D eigenvalue weighted by Gasteiger charge is 2.15. The van der Waals surface area contributed by atoms with Gasteiger partial charge in [0, 0.05) is 22.7 Å². The number of halogens is 1. The number of aryl methyl sites for hydroxylation is 1. The van der Waals surface area contributed by atoms with Crippen molar-refractivity contribution in [3.05, 3.63) is 64.8 Å². The van der Waals surface area contributed by atoms with Crippen LogP contribution in [0.15, 0.2) is 53.9 Å². The van der Waals surface area contributed by atoms with Crippen molar-refractivity contribution in [1.29, 1.82) is 0 Å². The van der Waals surface area contributed by atoms with Crippen LogP contribution in [0.4, 0.5) is 11.5 Å². The number of thiophene rings is 1. The summed E-state index contributed by atoms with van der Waals surface area (Å²) in [6.45, 7) is 2.06. The van der Waals surface area contributed by atoms with Gasteiger partial charge in [-0.25, -0.2) is 4.98 Å². The number of benzene rings is 2. The first-order chi connectivity index (χ1) is 12.1. The minimum Gasteiger partial charge on any atom is -0.508 e. The van der Waals surface area contributed by atoms with Crippen LogP contribution in [0.1, 0.15) is 5.56 Å². The Hall–Kier alpha value is -2.63. The standard InChI is InChI=1S/C19H14ClN3OS/c1-11-5-7-12(8-6-11)15-10-25-18-16(15)17(22-19(20)23-18)21-13-3-2-4-14(24)9-13/h2-10,24H,1H3,(H,21,22,23). The highest BCUT2D eigenvalue weighted by atomic mass is 35.5. The average Bonchev–Trinajstić information content (AvgIpc) is 2.99. The monoisotopic (exact) mass is 367 g/mol. The number of aromatic nitrogens is 2. The number of fused-ring (bicyclic) bond motifs is 1. The third-order valence-corrected chi connectivity index (χ3v) is 4.92. The van der Waals surface area contributed by atoms with Crippen molar-refractivity contribution >= 4 is 44.7 Å². The number of nitrogens with one attached hydrogen (secondary N) is 1. The van der Waals surface area contributed by atoms with E-state index < -0.39 is 0 Å². The molecule has 2 aromatic carbocycles. The van der Waals surface area contributed by atoms with E-state index in [0.29, 0.717) is 5.82 Å². The lowest BCUT2D eigenvalue weighted by molar-refractivity contribution is 0.475. The molecule has 0 atom stereocenters. The fraction of sp³-hybridized carbons (Fsp3) is 0.0526. The SMILES string of the molecule is Cc1ccc(-c2csc3nc(Cl)nc(Nc4cccc(O)c4)c23)cc1. The summed E-state index contributed by atoms with van der Waals surface area (Å²) in [5, 5.41) is 16.1. The highest BCUT2D eigenvalue weighted by molar-refractivity contribution is 7.17. The maximum absolute atomic E-state index is 9.68. The minimum absolute atomic E-state index is 0.186. The van der Waals surface area contributed by atoms with E-state index in [9.17, 15) is 5.11 Å². The summed E-state index contributed by atoms with van der Waals surface area (Å²) >= 11 is 7.62. The zero-order chi connectivity index (χ0) is 17.4. The predicted octanol–water partition coefficient (Wildman–Crippen LogP) is 5.77. The van der Waals surface area contributed by atoms with Gasteiger partial charge in [0.25, 0.3) is 0 Å². The van der Waals surface area contributed by atoms with E-state index in [2.05, 4.69) is 51.9 Å². The second kappa shape index (κ2) is 6.35. The lowest BCUT2D eigenvalue weighted by atomic mass is 10.0. The van der Waals surface area contributed by atoms with Crippen LogP contribution >= 0.6 is 22.9 Å². The number of hydrogen-bond acceptors (Lipinski definition) is 5. The second-order valence-corrected chi connectivity index (χ2v) is 6.91. The molecule has 2 heterocycles. The number of hydrogen-bond donors (Lipinski definition) is 2. The fourth-order valence-corrected chi connectivity index (χ4v) is 3.84. The molecule has 0 amide bonds. The molecule has 0 radical (unpaired) electrons. The van der Waals surface area contributed by atoms with Crippen molar-refractivity contribution in [3.63, 3.8) is 0 Å². The number of phenols is 1. The van der Waals surface area contributed by atoms with Gasteiger partial charge in [0.15, 0.2) is 0 Å². The Labute approximate surface area is 153 Å². The van der Waals surface area contributed by atoms with Gasteiger partial charge in [0.2, 0.25) is 5.28 Å². The Bertz CT molecular complexity index is 1060. The quantitative estimate of drug-likeness (QED) is 0.451. The molecule has 0 spiro atoms. The molecule has 4 rings (SSSR count). The van der Waals surface area contributed by atoms with Gasteiger partial charge in [-0.15, -0.1) is 11.3 Å². The van der Waals surface area contributed by atoms with Gasteiger partial charge in [0.05, 0.1) is 5.39 Å². The molecule has 2 N–H and O–H groups in total. The first-order valence-electron chi connectivity index (χ1n) is 7.68. The Balaban J connectivity index is 1.88. The minimum atomic E-state index is 0.186. The van der Waals surface area contributed by atoms with Crippen LogP contribution in [-0.4, -0.2) is 15.1 Å². The van der Waals surface area contributed by atoms with Crippen molar-refractivity contribution in [1.82, 2.24) is 9.97 Å². The topological polar surface area (TPSA) is 58.0 Å². The number of aromatic hydroxyl groups is 1. The Morgan fingerprint density at radius 3 is 2.64 bits per heavy atom. The molecule has 0 saturated heterocycles. The van der Waals surface area contributed by atoms with Crippen molar-refractivity contribution in [2.45, 2.75) is 6.92 Å². The van der Waals surface area contributed by atoms with Crippen LogP contribution < -0.4 is 5.32 Å². The van der Waals surface area contributed by atoms with Crippen molar-refractivity contribution in [2.75, 3.05) is 5.32 Å². The summed E-state index contributed by atoms with van der Waals surface area (Å²) in [7, 11) is 0. The summed E-state index contributed by atoms with van der Waals surface area (Å²) in [6, 6.07) is 15.2. The molecule has 6 heteroatoms. The van der Waals surface area contributed by atoms with Crippen LogP contribution in [-0.2, 0) is 0 Å². The predicted molar refractivity (Wildman–Crippen MR) is 104 cm³/mol. The molecule has 0 aliphatic carbocycles. The first-order valence-corrected chi connectivity index (χ1v) is 8.94. The van der Waals surface area contributed by atoms with Crippen LogP contribution in [0.5, 0.6) is 5.75 Å². The lowest BCUT2D eigenvalue weighted by Gasteiger charge is -2.09. The van der Waals surface area contributed by atoms with Crippen molar-refractivity contribution in [2.24, 2.45) is 0 Å². The van der Waals surface area contributed by atoms with E-state index in [1.54, 1.807) is 18.2 Å². The molecular weight excluding hydrogens is 354 g/mol. The Morgan fingerprint density at radius 1 is 1.08 bits per heavy atom. The number of rotatable bonds is 3. The van der Waals surface area contributed by atoms with Gasteiger partial charge < -0.3 is 10.4 Å². The van der Waals surface area contributed by atoms with E-state index in [0.717, 1.165) is 27.0 Å². The van der Waals surface area contributed by atoms with Gasteiger partial charge >= 0.3 is 0 Å². The lowest BCUT2D eigenvalue weighted by Crippen LogP contribution is -1.96. The Morgan fingerprint density at radius 2 is 1.88 bits per heavy atom. The van der Waals surface area contributed by atoms with Crippen LogP contribution in [0.25, 0.3) is 21.3 Å². The largest absolute Gasteiger partial charge is 0.508 e. The number of phenolic OH excluding ortho intramolecular Hbond substituents is 1. The normalized spacial score (nSPS) is 11.0. The van der Waals surface area contributed by atoms with E-state index in [1.807, 2.05) is 6.07 Å². The summed E-state index contributed by atoms with van der Waals surface area (Å²) in [5.41, 5.74) is 4.10. The number of anilines is 2. The smallest absolute Gasteiger partial charge is 0.225 e. The third kappa shape index (κ3) is 3.16. The summed E-state index contributed by atoms with van der Waals surface area (Å²) < 4.78 is 0. The molecule has 4 aromatic rings. The maximum Gasteiger partial charge on any atom is 0.225 e. The van der Waals surface area contributed by atoms with Crippen LogP contribution in [0, 0.1) is 6.92 Å². The molecule has 0 aliphatic rings. The van der Waals surface area contributed by atoms with Crippen LogP contribution in [0.2, 0.25) is 5.28 Å². The molecule has 0 bridgehead atoms. The molecular formula is C19H14ClN3OS. The highest BCUT2D eigenvalue weighted by Crippen LogP contribution is 2.38. The molecule has 4 nitrogen and oxygen atoms in total. The van der Waals surface area contributed by atoms with Gasteiger partial charge in [0.1, 0.15) is 16.4 Å². The second-order valence-electron chi connectivity index (χ2n) is 5.71. The molecule has 2 aromatic heterocycles. The first kappa shape index (κ1) is 15.9. The molecule has 0 saturated carbocycles. The zero-order valence-electron chi connectivity index (χ0n) is 13.3. The summed E-state index contributed by atoms with van der Waals surface area (Å²) in [5.74, 6) is 0.808. The summed E-state index contributed by atoms with van der Waals surface area (Å²) in [6.07, 6.45) is 0. The van der Waals surface area contributed by atoms with Gasteiger partial charge in [-0.05, 0) is 36.2 Å². The molecule has 0 fully saturated rings. The fourth-order valence-electron chi connectivity index (χ4n) is 2.67.